The topological polar surface area (TPSA) is 29.9 Å². The minimum absolute atomic E-state index is 0.732. The molecular weight excluding hydrogens is 362 g/mol. The summed E-state index contributed by atoms with van der Waals surface area (Å²) in [5, 5.41) is 2.46. The van der Waals surface area contributed by atoms with Gasteiger partial charge < -0.3 is 23.8 Å². The first kappa shape index (κ1) is 21.5. The van der Waals surface area contributed by atoms with Crippen molar-refractivity contribution in [1.82, 2.24) is 14.4 Å². The third kappa shape index (κ3) is 5.43. The summed E-state index contributed by atoms with van der Waals surface area (Å²) in [5.41, 5.74) is 2.49. The Morgan fingerprint density at radius 2 is 1.17 bits per heavy atom. The van der Waals surface area contributed by atoms with E-state index in [1.807, 2.05) is 0 Å². The number of rotatable bonds is 11. The van der Waals surface area contributed by atoms with E-state index >= 15 is 0 Å². The molecule has 1 heterocycles. The van der Waals surface area contributed by atoms with Crippen LogP contribution in [0, 0.1) is 0 Å². The third-order valence-electron chi connectivity index (χ3n) is 5.16. The first-order valence-electron chi connectivity index (χ1n) is 10.6. The molecule has 0 unspecified atom stereocenters. The van der Waals surface area contributed by atoms with Crippen molar-refractivity contribution < 1.29 is 9.47 Å². The first-order chi connectivity index (χ1) is 14.0. The number of nitrogens with zero attached hydrogens (tertiary/aromatic N) is 3. The standard InChI is InChI=1S/C24H35N3O2/c1-6-27-23-11-9-19(28-15-7-13-25(2)3)17-21(23)22-18-20(10-12-24(22)27)29-16-8-14-26(4)5/h9-12,17-18H,6-8,13-16H2,1-5H3. The van der Waals surface area contributed by atoms with E-state index in [-0.39, 0.29) is 0 Å². The summed E-state index contributed by atoms with van der Waals surface area (Å²) >= 11 is 0. The molecule has 0 atom stereocenters. The van der Waals surface area contributed by atoms with Crippen molar-refractivity contribution in [2.75, 3.05) is 54.5 Å². The Kier molecular flexibility index (Phi) is 7.40. The fraction of sp³-hybridized carbons (Fsp3) is 0.500. The van der Waals surface area contributed by atoms with Gasteiger partial charge in [0, 0.05) is 41.4 Å². The predicted octanol–water partition coefficient (Wildman–Crippen LogP) is 4.48. The van der Waals surface area contributed by atoms with Gasteiger partial charge in [-0.1, -0.05) is 0 Å². The van der Waals surface area contributed by atoms with Crippen LogP contribution in [0.2, 0.25) is 0 Å². The molecule has 29 heavy (non-hydrogen) atoms. The molecule has 0 saturated heterocycles. The maximum atomic E-state index is 6.02. The van der Waals surface area contributed by atoms with Gasteiger partial charge in [-0.15, -0.1) is 0 Å². The molecule has 0 aliphatic rings. The molecule has 0 amide bonds. The molecule has 3 aromatic rings. The SMILES string of the molecule is CCn1c2ccc(OCCCN(C)C)cc2c2cc(OCCCN(C)C)ccc21. The van der Waals surface area contributed by atoms with E-state index in [1.54, 1.807) is 0 Å². The molecule has 0 N–H and O–H groups in total. The molecule has 0 saturated carbocycles. The maximum absolute atomic E-state index is 6.02. The second kappa shape index (κ2) is 9.99. The van der Waals surface area contributed by atoms with Gasteiger partial charge in [-0.25, -0.2) is 0 Å². The number of aryl methyl sites for hydroxylation is 1. The first-order valence-corrected chi connectivity index (χ1v) is 10.6. The van der Waals surface area contributed by atoms with E-state index in [9.17, 15) is 0 Å². The maximum Gasteiger partial charge on any atom is 0.120 e. The van der Waals surface area contributed by atoms with Crippen LogP contribution in [0.1, 0.15) is 19.8 Å². The van der Waals surface area contributed by atoms with Gasteiger partial charge >= 0.3 is 0 Å². The van der Waals surface area contributed by atoms with Crippen molar-refractivity contribution >= 4 is 21.8 Å². The lowest BCUT2D eigenvalue weighted by Gasteiger charge is -2.11. The van der Waals surface area contributed by atoms with Gasteiger partial charge in [-0.3, -0.25) is 0 Å². The number of hydrogen-bond donors (Lipinski definition) is 0. The summed E-state index contributed by atoms with van der Waals surface area (Å²) in [6.07, 6.45) is 2.04. The van der Waals surface area contributed by atoms with Crippen LogP contribution in [0.25, 0.3) is 21.8 Å². The van der Waals surface area contributed by atoms with Crippen molar-refractivity contribution in [1.29, 1.82) is 0 Å². The molecule has 0 aliphatic heterocycles. The number of fused-ring (bicyclic) bond motifs is 3. The molecule has 0 radical (unpaired) electrons. The van der Waals surface area contributed by atoms with Crippen LogP contribution in [-0.4, -0.2) is 68.9 Å². The lowest BCUT2D eigenvalue weighted by molar-refractivity contribution is 0.281. The summed E-state index contributed by atoms with van der Waals surface area (Å²) in [6, 6.07) is 12.9. The zero-order valence-electron chi connectivity index (χ0n) is 18.6. The van der Waals surface area contributed by atoms with Crippen LogP contribution in [0.3, 0.4) is 0 Å². The molecule has 3 rings (SSSR count). The van der Waals surface area contributed by atoms with Gasteiger partial charge in [0.25, 0.3) is 0 Å². The molecule has 5 heteroatoms. The molecule has 0 spiro atoms. The summed E-state index contributed by atoms with van der Waals surface area (Å²) in [6.45, 7) is 6.66. The van der Waals surface area contributed by atoms with Crippen molar-refractivity contribution in [2.24, 2.45) is 0 Å². The summed E-state index contributed by atoms with van der Waals surface area (Å²) in [7, 11) is 8.36. The smallest absolute Gasteiger partial charge is 0.120 e. The zero-order chi connectivity index (χ0) is 20.8. The Morgan fingerprint density at radius 1 is 0.724 bits per heavy atom. The zero-order valence-corrected chi connectivity index (χ0v) is 18.6. The van der Waals surface area contributed by atoms with E-state index < -0.39 is 0 Å². The van der Waals surface area contributed by atoms with E-state index in [0.29, 0.717) is 0 Å². The van der Waals surface area contributed by atoms with Crippen molar-refractivity contribution in [3.05, 3.63) is 36.4 Å². The predicted molar refractivity (Wildman–Crippen MR) is 122 cm³/mol. The Bertz CT molecular complexity index is 857. The fourth-order valence-corrected chi connectivity index (χ4v) is 3.72. The van der Waals surface area contributed by atoms with E-state index in [1.165, 1.54) is 21.8 Å². The molecule has 0 fully saturated rings. The Labute approximate surface area is 174 Å². The highest BCUT2D eigenvalue weighted by Crippen LogP contribution is 2.34. The van der Waals surface area contributed by atoms with Crippen LogP contribution < -0.4 is 9.47 Å². The minimum Gasteiger partial charge on any atom is -0.494 e. The van der Waals surface area contributed by atoms with Gasteiger partial charge in [0.05, 0.1) is 13.2 Å². The minimum atomic E-state index is 0.732. The summed E-state index contributed by atoms with van der Waals surface area (Å²) in [4.78, 5) is 4.36. The van der Waals surface area contributed by atoms with Crippen molar-refractivity contribution in [3.63, 3.8) is 0 Å². The highest BCUT2D eigenvalue weighted by Gasteiger charge is 2.12. The second-order valence-electron chi connectivity index (χ2n) is 8.11. The Balaban J connectivity index is 1.82. The van der Waals surface area contributed by atoms with E-state index in [0.717, 1.165) is 57.2 Å². The van der Waals surface area contributed by atoms with Gasteiger partial charge in [-0.2, -0.15) is 0 Å². The fourth-order valence-electron chi connectivity index (χ4n) is 3.72. The van der Waals surface area contributed by atoms with Gasteiger partial charge in [0.2, 0.25) is 0 Å². The van der Waals surface area contributed by atoms with Gasteiger partial charge in [0.15, 0.2) is 0 Å². The average Bonchev–Trinajstić information content (AvgIpc) is 3.00. The quantitative estimate of drug-likeness (QED) is 0.446. The second-order valence-corrected chi connectivity index (χ2v) is 8.11. The average molecular weight is 398 g/mol. The summed E-state index contributed by atoms with van der Waals surface area (Å²) in [5.74, 6) is 1.87. The normalized spacial score (nSPS) is 11.8. The van der Waals surface area contributed by atoms with Crippen LogP contribution in [0.15, 0.2) is 36.4 Å². The highest BCUT2D eigenvalue weighted by atomic mass is 16.5. The van der Waals surface area contributed by atoms with Gasteiger partial charge in [-0.05, 0) is 84.4 Å². The van der Waals surface area contributed by atoms with E-state index in [4.69, 9.17) is 9.47 Å². The van der Waals surface area contributed by atoms with Crippen LogP contribution in [0.5, 0.6) is 11.5 Å². The lowest BCUT2D eigenvalue weighted by atomic mass is 10.1. The molecule has 5 nitrogen and oxygen atoms in total. The van der Waals surface area contributed by atoms with Crippen LogP contribution in [0.4, 0.5) is 0 Å². The monoisotopic (exact) mass is 397 g/mol. The molecule has 0 bridgehead atoms. The number of hydrogen-bond acceptors (Lipinski definition) is 4. The Hall–Kier alpha value is -2.24. The number of benzene rings is 2. The summed E-state index contributed by atoms with van der Waals surface area (Å²) < 4.78 is 14.4. The van der Waals surface area contributed by atoms with E-state index in [2.05, 4.69) is 85.9 Å². The largest absolute Gasteiger partial charge is 0.494 e. The number of aromatic nitrogens is 1. The lowest BCUT2D eigenvalue weighted by Crippen LogP contribution is -2.15. The van der Waals surface area contributed by atoms with Crippen molar-refractivity contribution in [2.45, 2.75) is 26.3 Å². The molecular formula is C24H35N3O2. The number of ether oxygens (including phenoxy) is 2. The van der Waals surface area contributed by atoms with Gasteiger partial charge in [0.1, 0.15) is 11.5 Å². The molecule has 1 aromatic heterocycles. The van der Waals surface area contributed by atoms with Crippen LogP contribution in [-0.2, 0) is 6.54 Å². The molecule has 2 aromatic carbocycles. The third-order valence-corrected chi connectivity index (χ3v) is 5.16. The highest BCUT2D eigenvalue weighted by molar-refractivity contribution is 6.09. The van der Waals surface area contributed by atoms with Crippen LogP contribution >= 0.6 is 0 Å². The molecule has 0 aliphatic carbocycles. The van der Waals surface area contributed by atoms with Crippen molar-refractivity contribution in [3.8, 4) is 11.5 Å². The Morgan fingerprint density at radius 3 is 1.55 bits per heavy atom. The molecule has 158 valence electrons.